The van der Waals surface area contributed by atoms with Crippen LogP contribution in [0.15, 0.2) is 41.1 Å². The lowest BCUT2D eigenvalue weighted by molar-refractivity contribution is 0.395. The molecule has 4 rings (SSSR count). The normalized spacial score (nSPS) is 10.9. The third kappa shape index (κ3) is 3.20. The van der Waals surface area contributed by atoms with E-state index in [2.05, 4.69) is 25.4 Å². The largest absolute Gasteiger partial charge is 0.497 e. The molecular formula is C20H19N5O3. The van der Waals surface area contributed by atoms with Gasteiger partial charge in [0.15, 0.2) is 11.5 Å². The average Bonchev–Trinajstić information content (AvgIpc) is 3.14. The first-order valence-electron chi connectivity index (χ1n) is 8.65. The lowest BCUT2D eigenvalue weighted by Crippen LogP contribution is -2.00. The molecule has 0 radical (unpaired) electrons. The molecule has 0 fully saturated rings. The van der Waals surface area contributed by atoms with Crippen molar-refractivity contribution in [1.29, 1.82) is 0 Å². The van der Waals surface area contributed by atoms with E-state index in [9.17, 15) is 0 Å². The molecule has 0 spiro atoms. The maximum atomic E-state index is 5.52. The van der Waals surface area contributed by atoms with Gasteiger partial charge in [-0.2, -0.15) is 4.98 Å². The molecule has 0 saturated heterocycles. The van der Waals surface area contributed by atoms with Gasteiger partial charge in [-0.15, -0.1) is 0 Å². The molecule has 0 aliphatic carbocycles. The number of nitrogens with zero attached hydrogens (tertiary/aromatic N) is 4. The van der Waals surface area contributed by atoms with E-state index in [1.165, 1.54) is 0 Å². The van der Waals surface area contributed by atoms with E-state index in [0.29, 0.717) is 34.4 Å². The van der Waals surface area contributed by atoms with E-state index >= 15 is 0 Å². The molecule has 28 heavy (non-hydrogen) atoms. The van der Waals surface area contributed by atoms with Crippen molar-refractivity contribution in [3.8, 4) is 23.0 Å². The van der Waals surface area contributed by atoms with Gasteiger partial charge < -0.3 is 19.3 Å². The van der Waals surface area contributed by atoms with Gasteiger partial charge in [0.2, 0.25) is 0 Å². The summed E-state index contributed by atoms with van der Waals surface area (Å²) in [6.45, 7) is 3.70. The van der Waals surface area contributed by atoms with Crippen molar-refractivity contribution in [2.45, 2.75) is 13.8 Å². The second-order valence-corrected chi connectivity index (χ2v) is 6.21. The van der Waals surface area contributed by atoms with Crippen molar-refractivity contribution in [3.63, 3.8) is 0 Å². The minimum Gasteiger partial charge on any atom is -0.497 e. The fraction of sp³-hybridized carbons (Fsp3) is 0.200. The summed E-state index contributed by atoms with van der Waals surface area (Å²) < 4.78 is 16.2. The Labute approximate surface area is 161 Å². The number of rotatable bonds is 5. The van der Waals surface area contributed by atoms with Gasteiger partial charge in [0.25, 0.3) is 5.89 Å². The molecule has 8 nitrogen and oxygen atoms in total. The zero-order valence-electron chi connectivity index (χ0n) is 16.0. The van der Waals surface area contributed by atoms with E-state index < -0.39 is 0 Å². The maximum Gasteiger partial charge on any atom is 0.261 e. The third-order valence-electron chi connectivity index (χ3n) is 4.30. The van der Waals surface area contributed by atoms with Crippen LogP contribution in [-0.2, 0) is 0 Å². The Hall–Kier alpha value is -3.68. The molecule has 4 aromatic rings. The third-order valence-corrected chi connectivity index (χ3v) is 4.30. The van der Waals surface area contributed by atoms with E-state index in [1.54, 1.807) is 27.3 Å². The van der Waals surface area contributed by atoms with Crippen LogP contribution >= 0.6 is 0 Å². The molecule has 0 unspecified atom stereocenters. The van der Waals surface area contributed by atoms with Gasteiger partial charge in [0.1, 0.15) is 11.5 Å². The Morgan fingerprint density at radius 1 is 1.00 bits per heavy atom. The Bertz CT molecular complexity index is 1160. The van der Waals surface area contributed by atoms with Crippen molar-refractivity contribution in [2.75, 3.05) is 19.5 Å². The number of methoxy groups -OCH3 is 2. The molecular weight excluding hydrogens is 358 g/mol. The van der Waals surface area contributed by atoms with Gasteiger partial charge in [0, 0.05) is 23.3 Å². The fourth-order valence-corrected chi connectivity index (χ4v) is 2.91. The molecule has 1 aromatic carbocycles. The van der Waals surface area contributed by atoms with Gasteiger partial charge in [-0.3, -0.25) is 0 Å². The number of hydrogen-bond acceptors (Lipinski definition) is 8. The summed E-state index contributed by atoms with van der Waals surface area (Å²) in [5.74, 6) is 2.26. The minimum absolute atomic E-state index is 0.377. The number of fused-ring (bicyclic) bond motifs is 1. The summed E-state index contributed by atoms with van der Waals surface area (Å²) in [6.07, 6.45) is 1.68. The number of aromatic nitrogens is 4. The van der Waals surface area contributed by atoms with E-state index in [-0.39, 0.29) is 0 Å². The van der Waals surface area contributed by atoms with Gasteiger partial charge in [-0.05, 0) is 38.1 Å². The standard InChI is InChI=1S/C20H19N5O3/c1-11-5-7-14-18(24-16-8-6-13(26-3)9-17(16)27-4)15(10-21-19(14)22-11)20-23-12(2)25-28-20/h5-10H,1-4H3,(H,21,22,24). The molecule has 1 N–H and O–H groups in total. The lowest BCUT2D eigenvalue weighted by Gasteiger charge is -2.16. The molecule has 0 atom stereocenters. The number of anilines is 2. The van der Waals surface area contributed by atoms with Crippen LogP contribution in [-0.4, -0.2) is 34.3 Å². The highest BCUT2D eigenvalue weighted by molar-refractivity contribution is 5.98. The van der Waals surface area contributed by atoms with Crippen molar-refractivity contribution >= 4 is 22.4 Å². The van der Waals surface area contributed by atoms with Crippen molar-refractivity contribution in [2.24, 2.45) is 0 Å². The summed E-state index contributed by atoms with van der Waals surface area (Å²) in [5.41, 5.74) is 3.69. The second kappa shape index (κ2) is 7.15. The molecule has 0 bridgehead atoms. The molecule has 3 aromatic heterocycles. The predicted octanol–water partition coefficient (Wildman–Crippen LogP) is 4.06. The van der Waals surface area contributed by atoms with Gasteiger partial charge >= 0.3 is 0 Å². The number of nitrogens with one attached hydrogen (secondary N) is 1. The molecule has 0 amide bonds. The van der Waals surface area contributed by atoms with Crippen LogP contribution in [0.5, 0.6) is 11.5 Å². The number of aryl methyl sites for hydroxylation is 2. The molecule has 142 valence electrons. The van der Waals surface area contributed by atoms with Crippen molar-refractivity contribution in [1.82, 2.24) is 20.1 Å². The topological polar surface area (TPSA) is 95.2 Å². The number of pyridine rings is 2. The van der Waals surface area contributed by atoms with Crippen molar-refractivity contribution in [3.05, 3.63) is 48.0 Å². The lowest BCUT2D eigenvalue weighted by atomic mass is 10.1. The highest BCUT2D eigenvalue weighted by atomic mass is 16.5. The molecule has 3 heterocycles. The number of hydrogen-bond donors (Lipinski definition) is 1. The molecule has 8 heteroatoms. The van der Waals surface area contributed by atoms with Gasteiger partial charge in [-0.1, -0.05) is 5.16 Å². The van der Waals surface area contributed by atoms with E-state index in [0.717, 1.165) is 22.5 Å². The zero-order valence-corrected chi connectivity index (χ0v) is 16.0. The minimum atomic E-state index is 0.377. The van der Waals surface area contributed by atoms with Crippen LogP contribution in [0, 0.1) is 13.8 Å². The molecule has 0 aliphatic rings. The van der Waals surface area contributed by atoms with Crippen LogP contribution in [0.25, 0.3) is 22.5 Å². The predicted molar refractivity (Wildman–Crippen MR) is 105 cm³/mol. The summed E-state index contributed by atoms with van der Waals surface area (Å²) >= 11 is 0. The first-order valence-corrected chi connectivity index (χ1v) is 8.65. The zero-order chi connectivity index (χ0) is 19.7. The summed E-state index contributed by atoms with van der Waals surface area (Å²) in [6, 6.07) is 9.45. The van der Waals surface area contributed by atoms with Crippen LogP contribution in [0.1, 0.15) is 11.5 Å². The van der Waals surface area contributed by atoms with Gasteiger partial charge in [0.05, 0.1) is 31.2 Å². The second-order valence-electron chi connectivity index (χ2n) is 6.21. The summed E-state index contributed by atoms with van der Waals surface area (Å²) in [7, 11) is 3.22. The highest BCUT2D eigenvalue weighted by Crippen LogP contribution is 2.38. The highest BCUT2D eigenvalue weighted by Gasteiger charge is 2.18. The van der Waals surface area contributed by atoms with E-state index in [4.69, 9.17) is 14.0 Å². The number of benzene rings is 1. The first kappa shape index (κ1) is 17.7. The fourth-order valence-electron chi connectivity index (χ4n) is 2.91. The Morgan fingerprint density at radius 3 is 2.57 bits per heavy atom. The van der Waals surface area contributed by atoms with Crippen LogP contribution in [0.3, 0.4) is 0 Å². The smallest absolute Gasteiger partial charge is 0.261 e. The number of ether oxygens (including phenoxy) is 2. The van der Waals surface area contributed by atoms with Crippen molar-refractivity contribution < 1.29 is 14.0 Å². The Morgan fingerprint density at radius 2 is 1.86 bits per heavy atom. The van der Waals surface area contributed by atoms with Gasteiger partial charge in [-0.25, -0.2) is 9.97 Å². The van der Waals surface area contributed by atoms with E-state index in [1.807, 2.05) is 37.3 Å². The Balaban J connectivity index is 1.91. The van der Waals surface area contributed by atoms with Crippen LogP contribution < -0.4 is 14.8 Å². The van der Waals surface area contributed by atoms with Crippen LogP contribution in [0.4, 0.5) is 11.4 Å². The SMILES string of the molecule is COc1ccc(Nc2c(-c3nc(C)no3)cnc3nc(C)ccc23)c(OC)c1. The summed E-state index contributed by atoms with van der Waals surface area (Å²) in [4.78, 5) is 13.3. The molecule has 0 saturated carbocycles. The monoisotopic (exact) mass is 377 g/mol. The van der Waals surface area contributed by atoms with Crippen LogP contribution in [0.2, 0.25) is 0 Å². The first-order chi connectivity index (χ1) is 13.6. The molecule has 0 aliphatic heterocycles. The quantitative estimate of drug-likeness (QED) is 0.556. The Kier molecular flexibility index (Phi) is 4.52. The maximum absolute atomic E-state index is 5.52. The summed E-state index contributed by atoms with van der Waals surface area (Å²) in [5, 5.41) is 8.15. The average molecular weight is 377 g/mol.